The Bertz CT molecular complexity index is 800. The van der Waals surface area contributed by atoms with Crippen molar-refractivity contribution in [3.63, 3.8) is 0 Å². The van der Waals surface area contributed by atoms with Crippen LogP contribution >= 0.6 is 12.2 Å². The lowest BCUT2D eigenvalue weighted by molar-refractivity contribution is 0.102. The van der Waals surface area contributed by atoms with Crippen LogP contribution in [0, 0.1) is 4.77 Å². The molecule has 19 heavy (non-hydrogen) atoms. The number of hydrogen-bond acceptors (Lipinski definition) is 3. The van der Waals surface area contributed by atoms with Crippen molar-refractivity contribution in [3.8, 4) is 0 Å². The zero-order valence-electron chi connectivity index (χ0n) is 9.81. The van der Waals surface area contributed by atoms with Gasteiger partial charge in [-0.3, -0.25) is 20.3 Å². The maximum absolute atomic E-state index is 12.2. The first-order valence-electron chi connectivity index (χ1n) is 5.68. The van der Waals surface area contributed by atoms with Gasteiger partial charge in [0.25, 0.3) is 5.91 Å². The van der Waals surface area contributed by atoms with Gasteiger partial charge in [0.2, 0.25) is 10.7 Å². The molecule has 0 aliphatic rings. The van der Waals surface area contributed by atoms with Crippen LogP contribution in [-0.2, 0) is 0 Å². The van der Waals surface area contributed by atoms with E-state index in [1.54, 1.807) is 6.07 Å². The third-order valence-corrected chi connectivity index (χ3v) is 2.96. The van der Waals surface area contributed by atoms with Gasteiger partial charge in [-0.05, 0) is 29.1 Å². The van der Waals surface area contributed by atoms with Crippen molar-refractivity contribution in [1.29, 1.82) is 0 Å². The summed E-state index contributed by atoms with van der Waals surface area (Å²) in [4.78, 5) is 16.1. The average Bonchev–Trinajstić information content (AvgIpc) is 2.83. The number of aromatic amines is 2. The summed E-state index contributed by atoms with van der Waals surface area (Å²) in [7, 11) is 0. The molecule has 0 saturated carbocycles. The minimum absolute atomic E-state index is 0.227. The number of fused-ring (bicyclic) bond motifs is 1. The highest BCUT2D eigenvalue weighted by Gasteiger charge is 2.10. The molecule has 1 aromatic heterocycles. The van der Waals surface area contributed by atoms with Crippen molar-refractivity contribution < 1.29 is 4.79 Å². The van der Waals surface area contributed by atoms with E-state index in [0.717, 1.165) is 10.8 Å². The van der Waals surface area contributed by atoms with E-state index < -0.39 is 0 Å². The van der Waals surface area contributed by atoms with Crippen molar-refractivity contribution in [2.45, 2.75) is 0 Å². The molecule has 3 N–H and O–H groups in total. The van der Waals surface area contributed by atoms with Crippen LogP contribution in [-0.4, -0.2) is 21.1 Å². The summed E-state index contributed by atoms with van der Waals surface area (Å²) in [5.41, 5.74) is 0.598. The predicted octanol–water partition coefficient (Wildman–Crippen LogP) is 2.87. The Morgan fingerprint density at radius 2 is 1.89 bits per heavy atom. The number of hydrogen-bond donors (Lipinski definition) is 3. The minimum atomic E-state index is -0.227. The maximum atomic E-state index is 12.2. The van der Waals surface area contributed by atoms with Crippen LogP contribution in [0.1, 0.15) is 10.4 Å². The molecule has 0 spiro atoms. The van der Waals surface area contributed by atoms with Crippen molar-refractivity contribution in [2.24, 2.45) is 0 Å². The van der Waals surface area contributed by atoms with E-state index in [1.807, 2.05) is 36.4 Å². The summed E-state index contributed by atoms with van der Waals surface area (Å²) in [6.45, 7) is 0. The zero-order valence-corrected chi connectivity index (χ0v) is 10.6. The Labute approximate surface area is 113 Å². The molecule has 3 rings (SSSR count). The number of nitrogens with zero attached hydrogens (tertiary/aromatic N) is 1. The van der Waals surface area contributed by atoms with Gasteiger partial charge in [-0.25, -0.2) is 0 Å². The molecular formula is C13H10N4OS. The topological polar surface area (TPSA) is 73.6 Å². The highest BCUT2D eigenvalue weighted by Crippen LogP contribution is 2.19. The third-order valence-electron chi connectivity index (χ3n) is 2.77. The molecule has 0 bridgehead atoms. The Balaban J connectivity index is 2.00. The number of aromatic nitrogens is 3. The van der Waals surface area contributed by atoms with Gasteiger partial charge >= 0.3 is 0 Å². The van der Waals surface area contributed by atoms with Gasteiger partial charge in [0, 0.05) is 5.56 Å². The molecule has 3 aromatic rings. The first-order valence-corrected chi connectivity index (χ1v) is 6.09. The smallest absolute Gasteiger partial charge is 0.258 e. The van der Waals surface area contributed by atoms with Crippen molar-refractivity contribution >= 4 is 34.8 Å². The quantitative estimate of drug-likeness (QED) is 0.627. The summed E-state index contributed by atoms with van der Waals surface area (Å²) >= 11 is 4.83. The van der Waals surface area contributed by atoms with Crippen LogP contribution in [0.4, 0.5) is 5.95 Å². The third kappa shape index (κ3) is 2.25. The Morgan fingerprint density at radius 3 is 2.68 bits per heavy atom. The molecule has 0 unspecified atom stereocenters. The largest absolute Gasteiger partial charge is 0.291 e. The summed E-state index contributed by atoms with van der Waals surface area (Å²) in [5, 5.41) is 9.89. The lowest BCUT2D eigenvalue weighted by Gasteiger charge is -2.05. The second-order valence-corrected chi connectivity index (χ2v) is 4.38. The minimum Gasteiger partial charge on any atom is -0.291 e. The van der Waals surface area contributed by atoms with Crippen LogP contribution in [0.5, 0.6) is 0 Å². The molecule has 2 aromatic carbocycles. The van der Waals surface area contributed by atoms with Gasteiger partial charge in [-0.1, -0.05) is 36.4 Å². The average molecular weight is 270 g/mol. The predicted molar refractivity (Wildman–Crippen MR) is 75.7 cm³/mol. The van der Waals surface area contributed by atoms with Gasteiger partial charge in [0.05, 0.1) is 0 Å². The van der Waals surface area contributed by atoms with Crippen LogP contribution in [0.15, 0.2) is 42.5 Å². The van der Waals surface area contributed by atoms with Crippen LogP contribution < -0.4 is 5.32 Å². The molecule has 94 valence electrons. The number of benzene rings is 2. The van der Waals surface area contributed by atoms with Crippen molar-refractivity contribution in [2.75, 3.05) is 5.32 Å². The Hall–Kier alpha value is -2.47. The molecule has 0 atom stereocenters. The van der Waals surface area contributed by atoms with Crippen molar-refractivity contribution in [3.05, 3.63) is 52.8 Å². The molecule has 0 aliphatic carbocycles. The van der Waals surface area contributed by atoms with E-state index >= 15 is 0 Å². The Morgan fingerprint density at radius 1 is 1.11 bits per heavy atom. The van der Waals surface area contributed by atoms with E-state index in [4.69, 9.17) is 12.2 Å². The molecular weight excluding hydrogens is 260 g/mol. The van der Waals surface area contributed by atoms with Crippen LogP contribution in [0.3, 0.4) is 0 Å². The number of carbonyl (C=O) groups excluding carboxylic acids is 1. The van der Waals surface area contributed by atoms with Gasteiger partial charge in [-0.2, -0.15) is 4.98 Å². The second kappa shape index (κ2) is 4.66. The maximum Gasteiger partial charge on any atom is 0.258 e. The highest BCUT2D eigenvalue weighted by atomic mass is 32.1. The van der Waals surface area contributed by atoms with E-state index in [0.29, 0.717) is 16.3 Å². The van der Waals surface area contributed by atoms with Crippen LogP contribution in [0.25, 0.3) is 10.8 Å². The van der Waals surface area contributed by atoms with Gasteiger partial charge in [0.1, 0.15) is 0 Å². The first-order chi connectivity index (χ1) is 9.24. The Kier molecular flexibility index (Phi) is 2.85. The summed E-state index contributed by atoms with van der Waals surface area (Å²) in [6.07, 6.45) is 0. The second-order valence-electron chi connectivity index (χ2n) is 4.00. The molecule has 0 aliphatic heterocycles. The normalized spacial score (nSPS) is 10.5. The molecule has 0 radical (unpaired) electrons. The monoisotopic (exact) mass is 270 g/mol. The van der Waals surface area contributed by atoms with E-state index in [9.17, 15) is 4.79 Å². The molecule has 5 nitrogen and oxygen atoms in total. The fourth-order valence-corrected chi connectivity index (χ4v) is 2.07. The van der Waals surface area contributed by atoms with Crippen molar-refractivity contribution in [1.82, 2.24) is 15.2 Å². The number of anilines is 1. The van der Waals surface area contributed by atoms with Gasteiger partial charge in [-0.15, -0.1) is 0 Å². The molecule has 0 saturated heterocycles. The fourth-order valence-electron chi connectivity index (χ4n) is 1.93. The number of H-pyrrole nitrogens is 2. The fraction of sp³-hybridized carbons (Fsp3) is 0. The summed E-state index contributed by atoms with van der Waals surface area (Å²) < 4.78 is 0.299. The van der Waals surface area contributed by atoms with E-state index in [-0.39, 0.29) is 5.91 Å². The standard InChI is InChI=1S/C13H10N4OS/c18-11(14-12-15-13(19)17-16-12)10-7-3-5-8-4-1-2-6-9(8)10/h1-7H,(H3,14,15,16,17,18,19). The number of rotatable bonds is 2. The molecule has 1 amide bonds. The van der Waals surface area contributed by atoms with E-state index in [2.05, 4.69) is 20.5 Å². The SMILES string of the molecule is O=C(Nc1nc(=S)[nH][nH]1)c1cccc2ccccc12. The highest BCUT2D eigenvalue weighted by molar-refractivity contribution is 7.71. The molecule has 1 heterocycles. The number of carbonyl (C=O) groups is 1. The van der Waals surface area contributed by atoms with E-state index in [1.165, 1.54) is 0 Å². The molecule has 6 heteroatoms. The first kappa shape index (κ1) is 11.6. The zero-order chi connectivity index (χ0) is 13.2. The van der Waals surface area contributed by atoms with Crippen LogP contribution in [0.2, 0.25) is 0 Å². The number of nitrogens with one attached hydrogen (secondary N) is 3. The lowest BCUT2D eigenvalue weighted by Crippen LogP contribution is -2.13. The number of amides is 1. The van der Waals surface area contributed by atoms with Gasteiger partial charge < -0.3 is 0 Å². The van der Waals surface area contributed by atoms with Gasteiger partial charge in [0.15, 0.2) is 0 Å². The molecule has 0 fully saturated rings. The lowest BCUT2D eigenvalue weighted by atomic mass is 10.0. The summed E-state index contributed by atoms with van der Waals surface area (Å²) in [5.74, 6) is 0.0810. The summed E-state index contributed by atoms with van der Waals surface area (Å²) in [6, 6.07) is 13.3.